The molecule has 6 heteroatoms. The molecule has 6 nitrogen and oxygen atoms in total. The lowest BCUT2D eigenvalue weighted by molar-refractivity contribution is 0.101. The molecule has 0 aliphatic carbocycles. The molecular formula is C24H21N3O3. The van der Waals surface area contributed by atoms with Gasteiger partial charge in [-0.25, -0.2) is 4.68 Å². The lowest BCUT2D eigenvalue weighted by atomic mass is 10.1. The van der Waals surface area contributed by atoms with E-state index >= 15 is 0 Å². The van der Waals surface area contributed by atoms with E-state index in [4.69, 9.17) is 9.47 Å². The zero-order chi connectivity index (χ0) is 20.9. The molecule has 1 amide bonds. The van der Waals surface area contributed by atoms with Crippen molar-refractivity contribution in [1.82, 2.24) is 9.78 Å². The van der Waals surface area contributed by atoms with Crippen LogP contribution in [0.1, 0.15) is 10.5 Å². The van der Waals surface area contributed by atoms with Crippen molar-refractivity contribution in [2.75, 3.05) is 19.5 Å². The van der Waals surface area contributed by atoms with Crippen LogP contribution in [0.5, 0.6) is 11.5 Å². The summed E-state index contributed by atoms with van der Waals surface area (Å²) in [6.07, 6.45) is 0. The van der Waals surface area contributed by atoms with Gasteiger partial charge < -0.3 is 14.8 Å². The molecule has 0 saturated heterocycles. The number of rotatable bonds is 6. The monoisotopic (exact) mass is 399 g/mol. The minimum absolute atomic E-state index is 0.288. The van der Waals surface area contributed by atoms with E-state index in [1.807, 2.05) is 60.7 Å². The molecule has 1 heterocycles. The Bertz CT molecular complexity index is 1130. The third-order valence-corrected chi connectivity index (χ3v) is 4.62. The molecular weight excluding hydrogens is 378 g/mol. The van der Waals surface area contributed by atoms with Crippen molar-refractivity contribution in [2.24, 2.45) is 0 Å². The highest BCUT2D eigenvalue weighted by Crippen LogP contribution is 2.27. The fourth-order valence-electron chi connectivity index (χ4n) is 3.13. The molecule has 150 valence electrons. The fourth-order valence-corrected chi connectivity index (χ4v) is 3.13. The van der Waals surface area contributed by atoms with Crippen LogP contribution in [-0.2, 0) is 0 Å². The zero-order valence-electron chi connectivity index (χ0n) is 16.7. The molecule has 0 atom stereocenters. The Balaban J connectivity index is 1.74. The van der Waals surface area contributed by atoms with Gasteiger partial charge in [-0.3, -0.25) is 4.79 Å². The summed E-state index contributed by atoms with van der Waals surface area (Å²) in [4.78, 5) is 13.2. The van der Waals surface area contributed by atoms with Crippen LogP contribution in [0.3, 0.4) is 0 Å². The fraction of sp³-hybridized carbons (Fsp3) is 0.0833. The number of benzene rings is 3. The number of nitrogens with one attached hydrogen (secondary N) is 1. The second-order valence-corrected chi connectivity index (χ2v) is 6.58. The maximum atomic E-state index is 13.2. The van der Waals surface area contributed by atoms with E-state index in [0.717, 1.165) is 11.3 Å². The van der Waals surface area contributed by atoms with E-state index in [2.05, 4.69) is 10.4 Å². The van der Waals surface area contributed by atoms with Gasteiger partial charge in [0.15, 0.2) is 0 Å². The third kappa shape index (κ3) is 4.03. The summed E-state index contributed by atoms with van der Waals surface area (Å²) >= 11 is 0. The lowest BCUT2D eigenvalue weighted by Crippen LogP contribution is -2.17. The summed E-state index contributed by atoms with van der Waals surface area (Å²) in [7, 11) is 3.13. The van der Waals surface area contributed by atoms with Gasteiger partial charge in [0.25, 0.3) is 5.91 Å². The molecule has 0 saturated carbocycles. The second kappa shape index (κ2) is 8.53. The molecule has 1 aromatic heterocycles. The van der Waals surface area contributed by atoms with Crippen LogP contribution in [0.15, 0.2) is 84.9 Å². The summed E-state index contributed by atoms with van der Waals surface area (Å²) < 4.78 is 12.2. The first kappa shape index (κ1) is 19.3. The Morgan fingerprint density at radius 1 is 0.833 bits per heavy atom. The smallest absolute Gasteiger partial charge is 0.274 e. The van der Waals surface area contributed by atoms with Gasteiger partial charge in [-0.15, -0.1) is 0 Å². The standard InChI is InChI=1S/C24H21N3O3/c1-29-20-13-18(14-21(15-20)30-2)25-24(28)23-16-22(17-9-5-3-6-10-17)26-27(23)19-11-7-4-8-12-19/h3-16H,1-2H3,(H,25,28). The molecule has 1 N–H and O–H groups in total. The number of carbonyl (C=O) groups is 1. The molecule has 0 unspecified atom stereocenters. The van der Waals surface area contributed by atoms with Gasteiger partial charge in [0.1, 0.15) is 17.2 Å². The Hall–Kier alpha value is -4.06. The van der Waals surface area contributed by atoms with Crippen molar-refractivity contribution < 1.29 is 14.3 Å². The van der Waals surface area contributed by atoms with E-state index in [1.54, 1.807) is 43.2 Å². The predicted molar refractivity (Wildman–Crippen MR) is 116 cm³/mol. The minimum Gasteiger partial charge on any atom is -0.497 e. The lowest BCUT2D eigenvalue weighted by Gasteiger charge is -2.11. The molecule has 0 fully saturated rings. The first-order valence-electron chi connectivity index (χ1n) is 9.43. The topological polar surface area (TPSA) is 65.4 Å². The number of hydrogen-bond acceptors (Lipinski definition) is 4. The number of ether oxygens (including phenoxy) is 2. The first-order chi connectivity index (χ1) is 14.7. The Labute approximate surface area is 174 Å². The number of carbonyl (C=O) groups excluding carboxylic acids is 1. The van der Waals surface area contributed by atoms with E-state index in [9.17, 15) is 4.79 Å². The van der Waals surface area contributed by atoms with Crippen molar-refractivity contribution in [3.63, 3.8) is 0 Å². The van der Waals surface area contributed by atoms with Crippen molar-refractivity contribution in [3.8, 4) is 28.4 Å². The molecule has 30 heavy (non-hydrogen) atoms. The van der Waals surface area contributed by atoms with Crippen LogP contribution < -0.4 is 14.8 Å². The van der Waals surface area contributed by atoms with E-state index in [1.165, 1.54) is 0 Å². The van der Waals surface area contributed by atoms with Gasteiger partial charge in [0.2, 0.25) is 0 Å². The number of anilines is 1. The van der Waals surface area contributed by atoms with Crippen molar-refractivity contribution >= 4 is 11.6 Å². The quantitative estimate of drug-likeness (QED) is 0.505. The van der Waals surface area contributed by atoms with Gasteiger partial charge in [-0.2, -0.15) is 5.10 Å². The van der Waals surface area contributed by atoms with Crippen LogP contribution >= 0.6 is 0 Å². The number of amides is 1. The number of methoxy groups -OCH3 is 2. The van der Waals surface area contributed by atoms with E-state index in [-0.39, 0.29) is 5.91 Å². The third-order valence-electron chi connectivity index (χ3n) is 4.62. The highest BCUT2D eigenvalue weighted by atomic mass is 16.5. The molecule has 0 aliphatic rings. The summed E-state index contributed by atoms with van der Waals surface area (Å²) in [5, 5.41) is 7.61. The Kier molecular flexibility index (Phi) is 5.48. The van der Waals surface area contributed by atoms with Crippen molar-refractivity contribution in [3.05, 3.63) is 90.6 Å². The highest BCUT2D eigenvalue weighted by molar-refractivity contribution is 6.04. The van der Waals surface area contributed by atoms with Crippen LogP contribution in [-0.4, -0.2) is 29.9 Å². The maximum Gasteiger partial charge on any atom is 0.274 e. The average Bonchev–Trinajstić information content (AvgIpc) is 3.26. The van der Waals surface area contributed by atoms with Gasteiger partial charge in [0.05, 0.1) is 25.6 Å². The normalized spacial score (nSPS) is 10.5. The summed E-state index contributed by atoms with van der Waals surface area (Å²) in [6, 6.07) is 26.3. The Morgan fingerprint density at radius 3 is 2.03 bits per heavy atom. The SMILES string of the molecule is COc1cc(NC(=O)c2cc(-c3ccccc3)nn2-c2ccccc2)cc(OC)c1. The first-order valence-corrected chi connectivity index (χ1v) is 9.43. The van der Waals surface area contributed by atoms with Gasteiger partial charge in [0, 0.05) is 29.4 Å². The second-order valence-electron chi connectivity index (χ2n) is 6.58. The van der Waals surface area contributed by atoms with Gasteiger partial charge in [-0.05, 0) is 18.2 Å². The number of nitrogens with zero attached hydrogens (tertiary/aromatic N) is 2. The molecule has 4 aromatic rings. The highest BCUT2D eigenvalue weighted by Gasteiger charge is 2.18. The largest absolute Gasteiger partial charge is 0.497 e. The Morgan fingerprint density at radius 2 is 1.43 bits per heavy atom. The van der Waals surface area contributed by atoms with Crippen LogP contribution in [0, 0.1) is 0 Å². The van der Waals surface area contributed by atoms with Crippen LogP contribution in [0.4, 0.5) is 5.69 Å². The van der Waals surface area contributed by atoms with Crippen LogP contribution in [0.25, 0.3) is 16.9 Å². The minimum atomic E-state index is -0.288. The molecule has 3 aromatic carbocycles. The van der Waals surface area contributed by atoms with E-state index < -0.39 is 0 Å². The molecule has 0 radical (unpaired) electrons. The summed E-state index contributed by atoms with van der Waals surface area (Å²) in [5.74, 6) is 0.890. The zero-order valence-corrected chi connectivity index (χ0v) is 16.7. The number of para-hydroxylation sites is 1. The molecule has 0 spiro atoms. The molecule has 0 aliphatic heterocycles. The van der Waals surface area contributed by atoms with Crippen molar-refractivity contribution in [1.29, 1.82) is 0 Å². The molecule has 0 bridgehead atoms. The number of hydrogen-bond donors (Lipinski definition) is 1. The van der Waals surface area contributed by atoms with E-state index in [0.29, 0.717) is 28.6 Å². The summed E-state index contributed by atoms with van der Waals surface area (Å²) in [6.45, 7) is 0. The van der Waals surface area contributed by atoms with Crippen LogP contribution in [0.2, 0.25) is 0 Å². The number of aromatic nitrogens is 2. The average molecular weight is 399 g/mol. The van der Waals surface area contributed by atoms with Gasteiger partial charge in [-0.1, -0.05) is 48.5 Å². The maximum absolute atomic E-state index is 13.2. The predicted octanol–water partition coefficient (Wildman–Crippen LogP) is 4.81. The molecule has 4 rings (SSSR count). The van der Waals surface area contributed by atoms with Crippen molar-refractivity contribution in [2.45, 2.75) is 0 Å². The summed E-state index contributed by atoms with van der Waals surface area (Å²) in [5.41, 5.74) is 3.44. The van der Waals surface area contributed by atoms with Gasteiger partial charge >= 0.3 is 0 Å².